The highest BCUT2D eigenvalue weighted by atomic mass is 19.4. The molecule has 0 saturated carbocycles. The second kappa shape index (κ2) is 8.96. The fourth-order valence-electron chi connectivity index (χ4n) is 1.80. The molecule has 0 aliphatic rings. The number of hydrogen-bond acceptors (Lipinski definition) is 2. The lowest BCUT2D eigenvalue weighted by Crippen LogP contribution is -2.75. The molecule has 0 rings (SSSR count). The molecule has 0 atom stereocenters. The van der Waals surface area contributed by atoms with E-state index < -0.39 is 78.2 Å². The van der Waals surface area contributed by atoms with Gasteiger partial charge in [-0.25, -0.2) is 9.18 Å². The average Bonchev–Trinajstić information content (AvgIpc) is 2.63. The first-order chi connectivity index (χ1) is 15.3. The van der Waals surface area contributed by atoms with Crippen LogP contribution in [-0.2, 0) is 9.53 Å². The number of hydrogen-bond donors (Lipinski definition) is 1. The van der Waals surface area contributed by atoms with Crippen molar-refractivity contribution in [2.24, 2.45) is 0 Å². The summed E-state index contributed by atoms with van der Waals surface area (Å²) in [6.07, 6.45) is -16.3. The van der Waals surface area contributed by atoms with E-state index in [-0.39, 0.29) is 0 Å². The molecule has 0 unspecified atom stereocenters. The number of alkyl halides is 19. The second-order valence-corrected chi connectivity index (χ2v) is 6.25. The normalized spacial score (nSPS) is 16.4. The molecule has 0 aliphatic heterocycles. The minimum absolute atomic E-state index is 2.27. The molecule has 23 heteroatoms. The number of halogens is 20. The summed E-state index contributed by atoms with van der Waals surface area (Å²) < 4.78 is 264. The van der Waals surface area contributed by atoms with Crippen molar-refractivity contribution < 1.29 is 102 Å². The molecule has 1 N–H and O–H groups in total. The molecule has 3 nitrogen and oxygen atoms in total. The number of carbonyl (C=O) groups is 1. The van der Waals surface area contributed by atoms with E-state index in [1.165, 1.54) is 0 Å². The Hall–Kier alpha value is -2.23. The molecule has 0 saturated heterocycles. The fraction of sp³-hybridized carbons (Fsp3) is 0.769. The molecule has 0 spiro atoms. The van der Waals surface area contributed by atoms with E-state index in [0.717, 1.165) is 0 Å². The fourth-order valence-corrected chi connectivity index (χ4v) is 1.80. The van der Waals surface area contributed by atoms with Crippen molar-refractivity contribution in [1.82, 2.24) is 0 Å². The Labute approximate surface area is 182 Å². The molecular weight excluding hydrogens is 584 g/mol. The SMILES string of the molecule is O=C(O)COC(F)(F)C(F)(F)C(F)(F)C(F)(F)C(F)(F)C(F)(F)C(F)(F)C(F)(F)/C(F)=C/C(F)(F)F. The first-order valence-electron chi connectivity index (χ1n) is 7.63. The van der Waals surface area contributed by atoms with Crippen LogP contribution < -0.4 is 0 Å². The minimum Gasteiger partial charge on any atom is -0.480 e. The zero-order chi connectivity index (χ0) is 29.8. The third-order valence-corrected chi connectivity index (χ3v) is 3.70. The summed E-state index contributed by atoms with van der Waals surface area (Å²) in [7, 11) is 0. The predicted octanol–water partition coefficient (Wildman–Crippen LogP) is 6.54. The number of aliphatic carboxylic acids is 1. The maximum Gasteiger partial charge on any atom is 0.426 e. The van der Waals surface area contributed by atoms with Crippen LogP contribution in [0.3, 0.4) is 0 Å². The molecule has 0 fully saturated rings. The summed E-state index contributed by atoms with van der Waals surface area (Å²) in [6, 6.07) is 0. The van der Waals surface area contributed by atoms with Crippen LogP contribution in [0.2, 0.25) is 0 Å². The lowest BCUT2D eigenvalue weighted by Gasteiger charge is -2.43. The van der Waals surface area contributed by atoms with Crippen LogP contribution in [-0.4, -0.2) is 71.4 Å². The number of ether oxygens (including phenoxy) is 1. The molecule has 0 radical (unpaired) electrons. The molecule has 0 aromatic heterocycles. The van der Waals surface area contributed by atoms with Crippen molar-refractivity contribution >= 4 is 5.97 Å². The van der Waals surface area contributed by atoms with E-state index in [4.69, 9.17) is 5.11 Å². The van der Waals surface area contributed by atoms with Gasteiger partial charge in [-0.15, -0.1) is 0 Å². The van der Waals surface area contributed by atoms with Gasteiger partial charge in [-0.1, -0.05) is 0 Å². The maximum atomic E-state index is 13.5. The van der Waals surface area contributed by atoms with Crippen LogP contribution in [0.1, 0.15) is 0 Å². The van der Waals surface area contributed by atoms with Gasteiger partial charge in [-0.2, -0.15) is 83.4 Å². The molecular formula is C13H4F20O3. The van der Waals surface area contributed by atoms with Gasteiger partial charge in [0.05, 0.1) is 6.08 Å². The number of carboxylic acids is 1. The van der Waals surface area contributed by atoms with E-state index >= 15 is 0 Å². The first kappa shape index (κ1) is 33.8. The van der Waals surface area contributed by atoms with Crippen molar-refractivity contribution in [1.29, 1.82) is 0 Å². The van der Waals surface area contributed by atoms with Gasteiger partial charge >= 0.3 is 59.7 Å². The molecule has 0 heterocycles. The molecule has 0 aromatic rings. The molecule has 214 valence electrons. The summed E-state index contributed by atoms with van der Waals surface area (Å²) in [4.78, 5) is 9.94. The van der Waals surface area contributed by atoms with Gasteiger partial charge in [0.2, 0.25) is 0 Å². The Morgan fingerprint density at radius 2 is 0.889 bits per heavy atom. The van der Waals surface area contributed by atoms with Crippen LogP contribution in [0.4, 0.5) is 87.8 Å². The quantitative estimate of drug-likeness (QED) is 0.279. The Kier molecular flexibility index (Phi) is 8.40. The second-order valence-electron chi connectivity index (χ2n) is 6.25. The summed E-state index contributed by atoms with van der Waals surface area (Å²) in [5, 5.41) is 7.90. The topological polar surface area (TPSA) is 46.5 Å². The van der Waals surface area contributed by atoms with Crippen molar-refractivity contribution in [3.8, 4) is 0 Å². The highest BCUT2D eigenvalue weighted by molar-refractivity contribution is 5.68. The molecule has 0 aliphatic carbocycles. The van der Waals surface area contributed by atoms with Gasteiger partial charge in [0, 0.05) is 0 Å². The zero-order valence-corrected chi connectivity index (χ0v) is 15.6. The lowest BCUT2D eigenvalue weighted by atomic mass is 9.88. The van der Waals surface area contributed by atoms with Crippen LogP contribution in [0.25, 0.3) is 0 Å². The Morgan fingerprint density at radius 3 is 1.19 bits per heavy atom. The number of carboxylic acid groups (broad SMARTS) is 1. The Morgan fingerprint density at radius 1 is 0.583 bits per heavy atom. The Balaban J connectivity index is 6.88. The maximum absolute atomic E-state index is 13.5. The van der Waals surface area contributed by atoms with Crippen LogP contribution >= 0.6 is 0 Å². The smallest absolute Gasteiger partial charge is 0.426 e. The van der Waals surface area contributed by atoms with Crippen LogP contribution in [0.15, 0.2) is 11.9 Å². The van der Waals surface area contributed by atoms with Gasteiger partial charge in [0.1, 0.15) is 0 Å². The third-order valence-electron chi connectivity index (χ3n) is 3.70. The van der Waals surface area contributed by atoms with Crippen LogP contribution in [0, 0.1) is 0 Å². The highest BCUT2D eigenvalue weighted by Gasteiger charge is 2.95. The van der Waals surface area contributed by atoms with Gasteiger partial charge in [-0.3, -0.25) is 0 Å². The zero-order valence-electron chi connectivity index (χ0n) is 15.6. The molecule has 0 amide bonds. The minimum atomic E-state index is -9.01. The molecule has 36 heavy (non-hydrogen) atoms. The van der Waals surface area contributed by atoms with Crippen molar-refractivity contribution in [2.75, 3.05) is 6.61 Å². The van der Waals surface area contributed by atoms with E-state index in [2.05, 4.69) is 4.74 Å². The largest absolute Gasteiger partial charge is 0.480 e. The van der Waals surface area contributed by atoms with Crippen molar-refractivity contribution in [2.45, 2.75) is 53.7 Å². The standard InChI is InChI=1S/C13H4F20O3/c14-3(1-5(15,16)17)6(18,19)7(20,21)8(22,23)9(24,25)10(26,27)11(28,29)12(30,31)13(32,33)36-2-4(34)35/h1H,2H2,(H,34,35)/b3-1-. The van der Waals surface area contributed by atoms with Gasteiger partial charge < -0.3 is 9.84 Å². The molecule has 0 aromatic carbocycles. The number of rotatable bonds is 11. The van der Waals surface area contributed by atoms with Gasteiger partial charge in [-0.05, 0) is 0 Å². The number of allylic oxidation sites excluding steroid dienone is 2. The summed E-state index contributed by atoms with van der Waals surface area (Å²) in [5.74, 6) is -67.8. The predicted molar refractivity (Wildman–Crippen MR) is 68.4 cm³/mol. The molecule has 0 bridgehead atoms. The Bertz CT molecular complexity index is 853. The summed E-state index contributed by atoms with van der Waals surface area (Å²) in [5.41, 5.74) is 0. The lowest BCUT2D eigenvalue weighted by molar-refractivity contribution is -0.471. The van der Waals surface area contributed by atoms with E-state index in [9.17, 15) is 92.6 Å². The monoisotopic (exact) mass is 588 g/mol. The van der Waals surface area contributed by atoms with Gasteiger partial charge in [0.15, 0.2) is 12.4 Å². The van der Waals surface area contributed by atoms with E-state index in [1.807, 2.05) is 0 Å². The van der Waals surface area contributed by atoms with E-state index in [0.29, 0.717) is 0 Å². The third kappa shape index (κ3) is 4.97. The van der Waals surface area contributed by atoms with Crippen molar-refractivity contribution in [3.63, 3.8) is 0 Å². The van der Waals surface area contributed by atoms with E-state index in [1.54, 1.807) is 0 Å². The highest BCUT2D eigenvalue weighted by Crippen LogP contribution is 2.64. The average molecular weight is 588 g/mol. The summed E-state index contributed by atoms with van der Waals surface area (Å²) >= 11 is 0. The van der Waals surface area contributed by atoms with Gasteiger partial charge in [0.25, 0.3) is 0 Å². The van der Waals surface area contributed by atoms with Crippen LogP contribution in [0.5, 0.6) is 0 Å². The van der Waals surface area contributed by atoms with Crippen molar-refractivity contribution in [3.05, 3.63) is 11.9 Å². The summed E-state index contributed by atoms with van der Waals surface area (Å²) in [6.45, 7) is -2.79. The first-order valence-corrected chi connectivity index (χ1v) is 7.63.